The summed E-state index contributed by atoms with van der Waals surface area (Å²) in [4.78, 5) is 11.1. The number of halogens is 3. The lowest BCUT2D eigenvalue weighted by atomic mass is 9.94. The Labute approximate surface area is 121 Å². The molecule has 0 aliphatic carbocycles. The molecule has 0 atom stereocenters. The molecule has 0 unspecified atom stereocenters. The van der Waals surface area contributed by atoms with Gasteiger partial charge in [-0.05, 0) is 24.5 Å². The van der Waals surface area contributed by atoms with Crippen LogP contribution in [0.25, 0.3) is 0 Å². The van der Waals surface area contributed by atoms with Crippen molar-refractivity contribution >= 4 is 5.97 Å². The summed E-state index contributed by atoms with van der Waals surface area (Å²) < 4.78 is 39.0. The second-order valence-electron chi connectivity index (χ2n) is 4.93. The van der Waals surface area contributed by atoms with E-state index >= 15 is 0 Å². The number of hydrogen-bond donors (Lipinski definition) is 1. The Kier molecular flexibility index (Phi) is 6.05. The molecule has 3 nitrogen and oxygen atoms in total. The third-order valence-corrected chi connectivity index (χ3v) is 3.32. The van der Waals surface area contributed by atoms with Crippen LogP contribution >= 0.6 is 0 Å². The van der Waals surface area contributed by atoms with Gasteiger partial charge in [0, 0.05) is 0 Å². The predicted molar refractivity (Wildman–Crippen MR) is 70.3 cm³/mol. The molecule has 1 aromatic carbocycles. The summed E-state index contributed by atoms with van der Waals surface area (Å²) in [5.41, 5.74) is -2.16. The van der Waals surface area contributed by atoms with Gasteiger partial charge in [-0.2, -0.15) is 13.2 Å². The number of aromatic carboxylic acids is 1. The molecule has 0 spiro atoms. The maximum atomic E-state index is 13.0. The van der Waals surface area contributed by atoms with Crippen molar-refractivity contribution in [1.82, 2.24) is 0 Å². The van der Waals surface area contributed by atoms with Crippen molar-refractivity contribution in [3.05, 3.63) is 28.8 Å². The Bertz CT molecular complexity index is 496. The van der Waals surface area contributed by atoms with Gasteiger partial charge >= 0.3 is 12.1 Å². The summed E-state index contributed by atoms with van der Waals surface area (Å²) in [5, 5.41) is 20.5. The summed E-state index contributed by atoms with van der Waals surface area (Å²) in [6, 6.07) is 1.63. The molecule has 0 aliphatic rings. The van der Waals surface area contributed by atoms with Crippen LogP contribution in [-0.4, -0.2) is 11.1 Å². The second-order valence-corrected chi connectivity index (χ2v) is 4.93. The topological polar surface area (TPSA) is 60.4 Å². The number of carbonyl (C=O) groups is 1. The molecule has 1 aromatic rings. The quantitative estimate of drug-likeness (QED) is 0.775. The van der Waals surface area contributed by atoms with Gasteiger partial charge in [0.15, 0.2) is 0 Å². The molecule has 0 fully saturated rings. The molecule has 0 bridgehead atoms. The van der Waals surface area contributed by atoms with E-state index in [1.54, 1.807) is 0 Å². The lowest BCUT2D eigenvalue weighted by Crippen LogP contribution is -2.17. The highest BCUT2D eigenvalue weighted by Gasteiger charge is 2.35. The first kappa shape index (κ1) is 17.3. The zero-order valence-electron chi connectivity index (χ0n) is 11.8. The van der Waals surface area contributed by atoms with Gasteiger partial charge < -0.3 is 10.2 Å². The first-order valence-electron chi connectivity index (χ1n) is 6.92. The molecule has 1 N–H and O–H groups in total. The van der Waals surface area contributed by atoms with E-state index in [4.69, 9.17) is 5.11 Å². The predicted octanol–water partition coefficient (Wildman–Crippen LogP) is 3.99. The van der Waals surface area contributed by atoms with Crippen molar-refractivity contribution in [3.8, 4) is 5.75 Å². The number of hydrogen-bond acceptors (Lipinski definition) is 2. The number of unbranched alkanes of at least 4 members (excludes halogenated alkanes) is 4. The van der Waals surface area contributed by atoms with E-state index in [1.807, 2.05) is 6.92 Å². The van der Waals surface area contributed by atoms with E-state index in [2.05, 4.69) is 0 Å². The number of carboxylic acids is 1. The average molecular weight is 303 g/mol. The highest BCUT2D eigenvalue weighted by molar-refractivity contribution is 5.90. The summed E-state index contributed by atoms with van der Waals surface area (Å²) in [6.45, 7) is 2.02. The molecule has 118 valence electrons. The zero-order chi connectivity index (χ0) is 16.0. The minimum Gasteiger partial charge on any atom is -0.872 e. The summed E-state index contributed by atoms with van der Waals surface area (Å²) in [7, 11) is 0. The van der Waals surface area contributed by atoms with Crippen molar-refractivity contribution in [2.24, 2.45) is 0 Å². The van der Waals surface area contributed by atoms with Gasteiger partial charge in [0.25, 0.3) is 0 Å². The van der Waals surface area contributed by atoms with Crippen molar-refractivity contribution in [2.45, 2.75) is 51.6 Å². The first-order chi connectivity index (χ1) is 9.79. The Balaban J connectivity index is 3.07. The summed E-state index contributed by atoms with van der Waals surface area (Å²) >= 11 is 0. The second kappa shape index (κ2) is 7.33. The maximum Gasteiger partial charge on any atom is 0.416 e. The van der Waals surface area contributed by atoms with Crippen LogP contribution in [0.5, 0.6) is 5.75 Å². The summed E-state index contributed by atoms with van der Waals surface area (Å²) in [6.07, 6.45) is -0.848. The number of alkyl halides is 3. The first-order valence-corrected chi connectivity index (χ1v) is 6.92. The zero-order valence-corrected chi connectivity index (χ0v) is 11.8. The van der Waals surface area contributed by atoms with Gasteiger partial charge in [-0.3, -0.25) is 0 Å². The summed E-state index contributed by atoms with van der Waals surface area (Å²) in [5.74, 6) is -2.61. The van der Waals surface area contributed by atoms with Crippen molar-refractivity contribution < 1.29 is 28.2 Å². The van der Waals surface area contributed by atoms with E-state index in [0.29, 0.717) is 18.9 Å². The van der Waals surface area contributed by atoms with Crippen LogP contribution in [0.3, 0.4) is 0 Å². The van der Waals surface area contributed by atoms with Gasteiger partial charge in [-0.25, -0.2) is 4.79 Å². The minimum absolute atomic E-state index is 0.0454. The van der Waals surface area contributed by atoms with Gasteiger partial charge in [0.2, 0.25) is 0 Å². The van der Waals surface area contributed by atoms with Crippen LogP contribution in [0.4, 0.5) is 13.2 Å². The van der Waals surface area contributed by atoms with Crippen LogP contribution in [0, 0.1) is 0 Å². The molecule has 1 rings (SSSR count). The highest BCUT2D eigenvalue weighted by atomic mass is 19.4. The van der Waals surface area contributed by atoms with Gasteiger partial charge in [-0.1, -0.05) is 44.4 Å². The third kappa shape index (κ3) is 4.65. The number of carboxylic acid groups (broad SMARTS) is 1. The van der Waals surface area contributed by atoms with E-state index in [0.717, 1.165) is 25.3 Å². The van der Waals surface area contributed by atoms with Gasteiger partial charge in [0.1, 0.15) is 0 Å². The van der Waals surface area contributed by atoms with Crippen LogP contribution in [0.2, 0.25) is 0 Å². The Morgan fingerprint density at radius 1 is 1.19 bits per heavy atom. The molecule has 0 saturated heterocycles. The smallest absolute Gasteiger partial charge is 0.416 e. The lowest BCUT2D eigenvalue weighted by Gasteiger charge is -2.22. The molecule has 21 heavy (non-hydrogen) atoms. The largest absolute Gasteiger partial charge is 0.872 e. The number of benzene rings is 1. The maximum absolute atomic E-state index is 13.0. The molecule has 0 radical (unpaired) electrons. The van der Waals surface area contributed by atoms with Crippen LogP contribution < -0.4 is 5.11 Å². The fourth-order valence-corrected chi connectivity index (χ4v) is 2.30. The highest BCUT2D eigenvalue weighted by Crippen LogP contribution is 2.39. The molecular formula is C15H18F3O3-. The van der Waals surface area contributed by atoms with Crippen LogP contribution in [-0.2, 0) is 12.6 Å². The van der Waals surface area contributed by atoms with E-state index in [1.165, 1.54) is 0 Å². The molecule has 0 aromatic heterocycles. The molecule has 0 saturated carbocycles. The fraction of sp³-hybridized carbons (Fsp3) is 0.533. The molecular weight excluding hydrogens is 285 g/mol. The average Bonchev–Trinajstić information content (AvgIpc) is 2.36. The monoisotopic (exact) mass is 303 g/mol. The number of rotatable bonds is 7. The van der Waals surface area contributed by atoms with Gasteiger partial charge in [-0.15, -0.1) is 0 Å². The van der Waals surface area contributed by atoms with Gasteiger partial charge in [0.05, 0.1) is 11.1 Å². The van der Waals surface area contributed by atoms with E-state index < -0.39 is 29.0 Å². The standard InChI is InChI=1S/C15H19F3O3/c1-2-3-4-5-6-7-10-11(14(20)21)8-9-12(19)13(10)15(16,17)18/h8-9,19H,2-7H2,1H3,(H,20,21)/p-1. The molecule has 0 aliphatic heterocycles. The minimum atomic E-state index is -4.83. The molecule has 6 heteroatoms. The Morgan fingerprint density at radius 2 is 1.81 bits per heavy atom. The van der Waals surface area contributed by atoms with Crippen LogP contribution in [0.15, 0.2) is 12.1 Å². The Morgan fingerprint density at radius 3 is 2.33 bits per heavy atom. The third-order valence-electron chi connectivity index (χ3n) is 3.32. The Hall–Kier alpha value is -1.72. The lowest BCUT2D eigenvalue weighted by molar-refractivity contribution is -0.276. The van der Waals surface area contributed by atoms with E-state index in [-0.39, 0.29) is 12.0 Å². The SMILES string of the molecule is CCCCCCCc1c(C(=O)O)ccc([O-])c1C(F)(F)F. The van der Waals surface area contributed by atoms with E-state index in [9.17, 15) is 23.1 Å². The van der Waals surface area contributed by atoms with Crippen LogP contribution in [0.1, 0.15) is 60.5 Å². The van der Waals surface area contributed by atoms with Crippen molar-refractivity contribution in [1.29, 1.82) is 0 Å². The van der Waals surface area contributed by atoms with Crippen molar-refractivity contribution in [2.75, 3.05) is 0 Å². The normalized spacial score (nSPS) is 11.6. The molecule has 0 heterocycles. The van der Waals surface area contributed by atoms with Crippen molar-refractivity contribution in [3.63, 3.8) is 0 Å². The molecule has 0 amide bonds. The fourth-order valence-electron chi connectivity index (χ4n) is 2.30.